The van der Waals surface area contributed by atoms with E-state index in [1.54, 1.807) is 6.20 Å². The molecule has 0 bridgehead atoms. The second-order valence-corrected chi connectivity index (χ2v) is 4.15. The molecular weight excluding hydrogens is 208 g/mol. The van der Waals surface area contributed by atoms with Crippen LogP contribution in [0.2, 0.25) is 5.02 Å². The molecule has 1 aromatic heterocycles. The van der Waals surface area contributed by atoms with E-state index in [1.165, 1.54) is 0 Å². The number of fused-ring (bicyclic) bond motifs is 1. The number of halogens is 1. The predicted octanol–water partition coefficient (Wildman–Crippen LogP) is 3.22. The van der Waals surface area contributed by atoms with E-state index in [9.17, 15) is 0 Å². The van der Waals surface area contributed by atoms with Crippen molar-refractivity contribution < 1.29 is 0 Å². The molecule has 0 aliphatic heterocycles. The Morgan fingerprint density at radius 3 is 2.73 bits per heavy atom. The number of pyridine rings is 1. The average molecular weight is 221 g/mol. The van der Waals surface area contributed by atoms with Crippen LogP contribution in [0.1, 0.15) is 24.2 Å². The molecule has 0 amide bonds. The molecule has 1 atom stereocenters. The molecule has 3 heteroatoms. The highest BCUT2D eigenvalue weighted by molar-refractivity contribution is 6.35. The fourth-order valence-corrected chi connectivity index (χ4v) is 2.14. The monoisotopic (exact) mass is 220 g/mol. The van der Waals surface area contributed by atoms with Gasteiger partial charge in [-0.3, -0.25) is 4.98 Å². The minimum absolute atomic E-state index is 0.00608. The first-order chi connectivity index (χ1) is 7.11. The Labute approximate surface area is 94.1 Å². The van der Waals surface area contributed by atoms with Gasteiger partial charge in [-0.2, -0.15) is 0 Å². The maximum absolute atomic E-state index is 6.16. The van der Waals surface area contributed by atoms with E-state index in [0.717, 1.165) is 27.1 Å². The molecule has 0 saturated carbocycles. The van der Waals surface area contributed by atoms with Gasteiger partial charge in [0.25, 0.3) is 0 Å². The second kappa shape index (κ2) is 3.80. The van der Waals surface area contributed by atoms with E-state index in [0.29, 0.717) is 0 Å². The van der Waals surface area contributed by atoms with E-state index >= 15 is 0 Å². The third-order valence-electron chi connectivity index (χ3n) is 2.59. The Balaban J connectivity index is 2.89. The number of hydrogen-bond donors (Lipinski definition) is 1. The molecule has 78 valence electrons. The lowest BCUT2D eigenvalue weighted by Gasteiger charge is -2.12. The van der Waals surface area contributed by atoms with Gasteiger partial charge < -0.3 is 5.73 Å². The molecule has 0 fully saturated rings. The molecule has 0 aliphatic carbocycles. The van der Waals surface area contributed by atoms with Gasteiger partial charge in [-0.15, -0.1) is 0 Å². The number of nitrogens with zero attached hydrogens (tertiary/aromatic N) is 1. The summed E-state index contributed by atoms with van der Waals surface area (Å²) in [7, 11) is 0. The number of aromatic nitrogens is 1. The normalized spacial score (nSPS) is 13.1. The van der Waals surface area contributed by atoms with Crippen molar-refractivity contribution in [3.05, 3.63) is 40.7 Å². The molecule has 0 aliphatic rings. The van der Waals surface area contributed by atoms with Gasteiger partial charge in [0, 0.05) is 23.3 Å². The van der Waals surface area contributed by atoms with Crippen LogP contribution in [0.25, 0.3) is 10.8 Å². The molecule has 2 nitrogen and oxygen atoms in total. The van der Waals surface area contributed by atoms with Gasteiger partial charge in [-0.25, -0.2) is 0 Å². The van der Waals surface area contributed by atoms with Gasteiger partial charge in [0.15, 0.2) is 0 Å². The number of aryl methyl sites for hydroxylation is 1. The molecule has 1 aromatic carbocycles. The molecule has 0 spiro atoms. The lowest BCUT2D eigenvalue weighted by atomic mass is 10.00. The summed E-state index contributed by atoms with van der Waals surface area (Å²) in [6, 6.07) is 5.84. The SMILES string of the molecule is Cc1nccc2c(C(C)N)ccc(Cl)c12. The van der Waals surface area contributed by atoms with Gasteiger partial charge in [0.1, 0.15) is 0 Å². The van der Waals surface area contributed by atoms with E-state index < -0.39 is 0 Å². The third kappa shape index (κ3) is 1.71. The quantitative estimate of drug-likeness (QED) is 0.802. The molecule has 2 aromatic rings. The van der Waals surface area contributed by atoms with Crippen LogP contribution in [0.15, 0.2) is 24.4 Å². The van der Waals surface area contributed by atoms with Gasteiger partial charge in [0.2, 0.25) is 0 Å². The smallest absolute Gasteiger partial charge is 0.0502 e. The largest absolute Gasteiger partial charge is 0.324 e. The number of nitrogens with two attached hydrogens (primary N) is 1. The summed E-state index contributed by atoms with van der Waals surface area (Å²) < 4.78 is 0. The molecule has 2 N–H and O–H groups in total. The Morgan fingerprint density at radius 2 is 2.07 bits per heavy atom. The fourth-order valence-electron chi connectivity index (χ4n) is 1.84. The van der Waals surface area contributed by atoms with E-state index in [1.807, 2.05) is 32.0 Å². The molecule has 2 rings (SSSR count). The van der Waals surface area contributed by atoms with Gasteiger partial charge in [-0.1, -0.05) is 17.7 Å². The molecule has 1 unspecified atom stereocenters. The molecule has 15 heavy (non-hydrogen) atoms. The summed E-state index contributed by atoms with van der Waals surface area (Å²) in [6.45, 7) is 3.93. The summed E-state index contributed by atoms with van der Waals surface area (Å²) in [5.41, 5.74) is 7.97. The Morgan fingerprint density at radius 1 is 1.33 bits per heavy atom. The summed E-state index contributed by atoms with van der Waals surface area (Å²) in [5.74, 6) is 0. The van der Waals surface area contributed by atoms with Crippen molar-refractivity contribution in [1.82, 2.24) is 4.98 Å². The van der Waals surface area contributed by atoms with Crippen molar-refractivity contribution in [2.75, 3.05) is 0 Å². The molecule has 0 saturated heterocycles. The number of benzene rings is 1. The van der Waals surface area contributed by atoms with Crippen LogP contribution in [0.3, 0.4) is 0 Å². The van der Waals surface area contributed by atoms with Crippen LogP contribution in [0, 0.1) is 6.92 Å². The van der Waals surface area contributed by atoms with Crippen molar-refractivity contribution in [1.29, 1.82) is 0 Å². The lowest BCUT2D eigenvalue weighted by Crippen LogP contribution is -2.05. The van der Waals surface area contributed by atoms with E-state index in [4.69, 9.17) is 17.3 Å². The van der Waals surface area contributed by atoms with Crippen LogP contribution in [-0.4, -0.2) is 4.98 Å². The zero-order valence-electron chi connectivity index (χ0n) is 8.79. The predicted molar refractivity (Wildman–Crippen MR) is 64.1 cm³/mol. The number of hydrogen-bond acceptors (Lipinski definition) is 2. The molecule has 1 heterocycles. The zero-order valence-corrected chi connectivity index (χ0v) is 9.55. The minimum Gasteiger partial charge on any atom is -0.324 e. The third-order valence-corrected chi connectivity index (χ3v) is 2.91. The molecular formula is C12H13ClN2. The van der Waals surface area contributed by atoms with Crippen molar-refractivity contribution in [2.45, 2.75) is 19.9 Å². The Bertz CT molecular complexity index is 498. The second-order valence-electron chi connectivity index (χ2n) is 3.74. The summed E-state index contributed by atoms with van der Waals surface area (Å²) in [5, 5.41) is 2.85. The average Bonchev–Trinajstić information content (AvgIpc) is 2.17. The Kier molecular flexibility index (Phi) is 2.63. The van der Waals surface area contributed by atoms with Crippen molar-refractivity contribution in [2.24, 2.45) is 5.73 Å². The zero-order chi connectivity index (χ0) is 11.0. The first kappa shape index (κ1) is 10.4. The van der Waals surface area contributed by atoms with Crippen molar-refractivity contribution >= 4 is 22.4 Å². The summed E-state index contributed by atoms with van der Waals surface area (Å²) in [6.07, 6.45) is 1.79. The number of rotatable bonds is 1. The Hall–Kier alpha value is -1.12. The fraction of sp³-hybridized carbons (Fsp3) is 0.250. The summed E-state index contributed by atoms with van der Waals surface area (Å²) >= 11 is 6.16. The van der Waals surface area contributed by atoms with Gasteiger partial charge in [-0.05, 0) is 36.9 Å². The first-order valence-electron chi connectivity index (χ1n) is 4.90. The topological polar surface area (TPSA) is 38.9 Å². The highest BCUT2D eigenvalue weighted by Crippen LogP contribution is 2.30. The van der Waals surface area contributed by atoms with Gasteiger partial charge in [0.05, 0.1) is 5.02 Å². The van der Waals surface area contributed by atoms with Crippen molar-refractivity contribution in [3.8, 4) is 0 Å². The maximum Gasteiger partial charge on any atom is 0.0502 e. The highest BCUT2D eigenvalue weighted by atomic mass is 35.5. The van der Waals surface area contributed by atoms with Crippen LogP contribution in [0.5, 0.6) is 0 Å². The maximum atomic E-state index is 6.16. The van der Waals surface area contributed by atoms with Crippen LogP contribution < -0.4 is 5.73 Å². The standard InChI is InChI=1S/C12H13ClN2/c1-7(14)9-3-4-11(13)12-8(2)15-6-5-10(9)12/h3-7H,14H2,1-2H3. The van der Waals surface area contributed by atoms with E-state index in [-0.39, 0.29) is 6.04 Å². The highest BCUT2D eigenvalue weighted by Gasteiger charge is 2.09. The van der Waals surface area contributed by atoms with Crippen LogP contribution in [0.4, 0.5) is 0 Å². The molecule has 0 radical (unpaired) electrons. The van der Waals surface area contributed by atoms with Crippen molar-refractivity contribution in [3.63, 3.8) is 0 Å². The van der Waals surface area contributed by atoms with E-state index in [2.05, 4.69) is 4.98 Å². The van der Waals surface area contributed by atoms with Gasteiger partial charge >= 0.3 is 0 Å². The minimum atomic E-state index is 0.00608. The lowest BCUT2D eigenvalue weighted by molar-refractivity contribution is 0.826. The summed E-state index contributed by atoms with van der Waals surface area (Å²) in [4.78, 5) is 4.24. The van der Waals surface area contributed by atoms with Crippen LogP contribution in [-0.2, 0) is 0 Å². The first-order valence-corrected chi connectivity index (χ1v) is 5.28. The van der Waals surface area contributed by atoms with Crippen LogP contribution >= 0.6 is 11.6 Å².